The molecule has 1 aliphatic carbocycles. The van der Waals surface area contributed by atoms with Crippen LogP contribution in [0.1, 0.15) is 33.6 Å². The average Bonchev–Trinajstić information content (AvgIpc) is 2.59. The van der Waals surface area contributed by atoms with Gasteiger partial charge in [0.2, 0.25) is 0 Å². The molecule has 0 spiro atoms. The van der Waals surface area contributed by atoms with Gasteiger partial charge >= 0.3 is 0 Å². The van der Waals surface area contributed by atoms with Crippen LogP contribution in [0.3, 0.4) is 0 Å². The van der Waals surface area contributed by atoms with Gasteiger partial charge < -0.3 is 19.3 Å². The van der Waals surface area contributed by atoms with E-state index in [1.54, 1.807) is 0 Å². The van der Waals surface area contributed by atoms with E-state index in [4.69, 9.17) is 14.2 Å². The van der Waals surface area contributed by atoms with E-state index in [0.717, 1.165) is 12.8 Å². The van der Waals surface area contributed by atoms with Crippen molar-refractivity contribution >= 4 is 0 Å². The summed E-state index contributed by atoms with van der Waals surface area (Å²) in [6, 6.07) is 0. The first-order chi connectivity index (χ1) is 7.46. The van der Waals surface area contributed by atoms with Crippen LogP contribution in [0.5, 0.6) is 0 Å². The van der Waals surface area contributed by atoms with Crippen LogP contribution in [0.2, 0.25) is 0 Å². The predicted molar refractivity (Wildman–Crippen MR) is 56.6 cm³/mol. The molecule has 4 heteroatoms. The number of hydrogen-bond acceptors (Lipinski definition) is 4. The lowest BCUT2D eigenvalue weighted by molar-refractivity contribution is -0.225. The van der Waals surface area contributed by atoms with E-state index in [-0.39, 0.29) is 30.5 Å². The summed E-state index contributed by atoms with van der Waals surface area (Å²) in [7, 11) is 0. The topological polar surface area (TPSA) is 47.9 Å². The molecule has 1 unspecified atom stereocenters. The Morgan fingerprint density at radius 2 is 1.88 bits per heavy atom. The van der Waals surface area contributed by atoms with Crippen molar-refractivity contribution in [1.82, 2.24) is 0 Å². The highest BCUT2D eigenvalue weighted by atomic mass is 16.8. The van der Waals surface area contributed by atoms with Gasteiger partial charge in [0.25, 0.3) is 0 Å². The van der Waals surface area contributed by atoms with Gasteiger partial charge in [-0.2, -0.15) is 0 Å². The van der Waals surface area contributed by atoms with Gasteiger partial charge in [0, 0.05) is 5.92 Å². The molecule has 16 heavy (non-hydrogen) atoms. The largest absolute Gasteiger partial charge is 0.390 e. The zero-order valence-electron chi connectivity index (χ0n) is 10.1. The number of hydrogen-bond donors (Lipinski definition) is 1. The summed E-state index contributed by atoms with van der Waals surface area (Å²) in [6.07, 6.45) is 1.13. The van der Waals surface area contributed by atoms with Crippen LogP contribution < -0.4 is 0 Å². The van der Waals surface area contributed by atoms with Crippen molar-refractivity contribution in [2.45, 2.75) is 64.0 Å². The Balaban J connectivity index is 1.80. The van der Waals surface area contributed by atoms with Gasteiger partial charge in [0.1, 0.15) is 6.10 Å². The molecule has 3 aliphatic rings. The molecule has 2 saturated heterocycles. The van der Waals surface area contributed by atoms with Gasteiger partial charge in [-0.15, -0.1) is 0 Å². The van der Waals surface area contributed by atoms with E-state index in [2.05, 4.69) is 6.92 Å². The van der Waals surface area contributed by atoms with Crippen LogP contribution >= 0.6 is 0 Å². The summed E-state index contributed by atoms with van der Waals surface area (Å²) >= 11 is 0. The lowest BCUT2D eigenvalue weighted by Crippen LogP contribution is -2.42. The Hall–Kier alpha value is -0.160. The molecule has 0 aromatic carbocycles. The van der Waals surface area contributed by atoms with E-state index in [0.29, 0.717) is 5.92 Å². The van der Waals surface area contributed by atoms with Crippen molar-refractivity contribution in [2.75, 3.05) is 0 Å². The minimum absolute atomic E-state index is 0.00241. The van der Waals surface area contributed by atoms with Gasteiger partial charge in [0.15, 0.2) is 12.1 Å². The molecular weight excluding hydrogens is 208 g/mol. The molecule has 6 atom stereocenters. The van der Waals surface area contributed by atoms with Crippen molar-refractivity contribution in [3.63, 3.8) is 0 Å². The second-order valence-electron chi connectivity index (χ2n) is 5.88. The highest BCUT2D eigenvalue weighted by Gasteiger charge is 2.57. The quantitative estimate of drug-likeness (QED) is 0.678. The fourth-order valence-corrected chi connectivity index (χ4v) is 3.35. The van der Waals surface area contributed by atoms with Crippen molar-refractivity contribution in [2.24, 2.45) is 11.8 Å². The van der Waals surface area contributed by atoms with Gasteiger partial charge in [-0.3, -0.25) is 0 Å². The third-order valence-electron chi connectivity index (χ3n) is 3.92. The van der Waals surface area contributed by atoms with Crippen LogP contribution in [-0.4, -0.2) is 35.5 Å². The lowest BCUT2D eigenvalue weighted by atomic mass is 9.77. The minimum Gasteiger partial charge on any atom is -0.390 e. The SMILES string of the molecule is CC1C[C@H]2[C@H]3OC(C)(C)O[C@H]3O[C@@H]2[C@H](O)C1. The first-order valence-corrected chi connectivity index (χ1v) is 6.15. The number of ether oxygens (including phenoxy) is 3. The molecule has 0 amide bonds. The molecule has 4 nitrogen and oxygen atoms in total. The summed E-state index contributed by atoms with van der Waals surface area (Å²) < 4.78 is 17.4. The minimum atomic E-state index is -0.550. The molecule has 3 fully saturated rings. The molecule has 1 N–H and O–H groups in total. The summed E-state index contributed by atoms with van der Waals surface area (Å²) in [4.78, 5) is 0. The second-order valence-corrected chi connectivity index (χ2v) is 5.88. The normalized spacial score (nSPS) is 54.8. The van der Waals surface area contributed by atoms with E-state index in [9.17, 15) is 5.11 Å². The van der Waals surface area contributed by atoms with Gasteiger partial charge in [-0.05, 0) is 32.6 Å². The first-order valence-electron chi connectivity index (χ1n) is 6.15. The first kappa shape index (κ1) is 11.0. The number of aliphatic hydroxyl groups excluding tert-OH is 1. The Labute approximate surface area is 95.9 Å². The smallest absolute Gasteiger partial charge is 0.187 e. The molecule has 2 aliphatic heterocycles. The maximum absolute atomic E-state index is 10.00. The maximum Gasteiger partial charge on any atom is 0.187 e. The van der Waals surface area contributed by atoms with Crippen LogP contribution in [0.15, 0.2) is 0 Å². The van der Waals surface area contributed by atoms with E-state index >= 15 is 0 Å². The van der Waals surface area contributed by atoms with E-state index in [1.165, 1.54) is 0 Å². The fraction of sp³-hybridized carbons (Fsp3) is 1.00. The number of rotatable bonds is 0. The molecule has 92 valence electrons. The Morgan fingerprint density at radius 3 is 2.62 bits per heavy atom. The van der Waals surface area contributed by atoms with Crippen molar-refractivity contribution in [3.8, 4) is 0 Å². The van der Waals surface area contributed by atoms with E-state index < -0.39 is 5.79 Å². The predicted octanol–water partition coefficient (Wildman–Crippen LogP) is 1.27. The Morgan fingerprint density at radius 1 is 1.12 bits per heavy atom. The zero-order chi connectivity index (χ0) is 11.5. The lowest BCUT2D eigenvalue weighted by Gasteiger charge is -2.35. The van der Waals surface area contributed by atoms with Crippen LogP contribution in [0.25, 0.3) is 0 Å². The molecule has 1 saturated carbocycles. The highest BCUT2D eigenvalue weighted by molar-refractivity contribution is 4.99. The Bertz CT molecular complexity index is 291. The van der Waals surface area contributed by atoms with Crippen LogP contribution in [0, 0.1) is 11.8 Å². The molecule has 3 rings (SSSR count). The molecule has 0 bridgehead atoms. The molecule has 2 heterocycles. The summed E-state index contributed by atoms with van der Waals surface area (Å²) in [5, 5.41) is 10.00. The van der Waals surface area contributed by atoms with Gasteiger partial charge in [0.05, 0.1) is 12.2 Å². The average molecular weight is 228 g/mol. The summed E-state index contributed by atoms with van der Waals surface area (Å²) in [5.74, 6) is 0.266. The molecule has 0 radical (unpaired) electrons. The number of fused-ring (bicyclic) bond motifs is 3. The molecular formula is C12H20O4. The van der Waals surface area contributed by atoms with Crippen LogP contribution in [-0.2, 0) is 14.2 Å². The van der Waals surface area contributed by atoms with E-state index in [1.807, 2.05) is 13.8 Å². The van der Waals surface area contributed by atoms with Crippen molar-refractivity contribution < 1.29 is 19.3 Å². The summed E-state index contributed by atoms with van der Waals surface area (Å²) in [5.41, 5.74) is 0. The third kappa shape index (κ3) is 1.59. The van der Waals surface area contributed by atoms with Gasteiger partial charge in [-0.25, -0.2) is 0 Å². The summed E-state index contributed by atoms with van der Waals surface area (Å²) in [6.45, 7) is 5.99. The maximum atomic E-state index is 10.00. The molecule has 0 aromatic heterocycles. The van der Waals surface area contributed by atoms with Crippen LogP contribution in [0.4, 0.5) is 0 Å². The van der Waals surface area contributed by atoms with Crippen molar-refractivity contribution in [1.29, 1.82) is 0 Å². The third-order valence-corrected chi connectivity index (χ3v) is 3.92. The fourth-order valence-electron chi connectivity index (χ4n) is 3.35. The standard InChI is InChI=1S/C12H20O4/c1-6-4-7-9(8(13)5-6)14-11-10(7)15-12(2,3)16-11/h6-11,13H,4-5H2,1-3H3/t6?,7-,8-,9+,10-,11-/m1/s1. The van der Waals surface area contributed by atoms with Gasteiger partial charge in [-0.1, -0.05) is 6.92 Å². The number of aliphatic hydroxyl groups is 1. The second kappa shape index (κ2) is 3.42. The zero-order valence-corrected chi connectivity index (χ0v) is 10.1. The highest BCUT2D eigenvalue weighted by Crippen LogP contribution is 2.47. The Kier molecular flexibility index (Phi) is 2.34. The monoisotopic (exact) mass is 228 g/mol. The molecule has 0 aromatic rings. The van der Waals surface area contributed by atoms with Crippen molar-refractivity contribution in [3.05, 3.63) is 0 Å².